The quantitative estimate of drug-likeness (QED) is 0.109. The number of aromatic nitrogens is 1. The molecule has 2 fully saturated rings. The largest absolute Gasteiger partial charge is 0.481 e. The predicted octanol–water partition coefficient (Wildman–Crippen LogP) is 8.61. The highest BCUT2D eigenvalue weighted by Gasteiger charge is 2.47. The standard InChI is InChI=1S/C40H60N2O6/c1-6-7-8-9-10-11-15-18-30(25-28-16-13-12-14-17-28)38(46)42-31-21-19-29(20-22-31)33(26-34(43)44)35-32(23-24-41-35)36(45)37-39(2,3)27-47-40(4,5)48-37/h12-14,16-17,23-24,29-31,33,37,41H,6-11,15,18-22,25-27H2,1-5H3,(H,42,46)(H,43,44). The van der Waals surface area contributed by atoms with E-state index >= 15 is 0 Å². The average molecular weight is 665 g/mol. The number of hydrogen-bond acceptors (Lipinski definition) is 5. The molecule has 3 atom stereocenters. The summed E-state index contributed by atoms with van der Waals surface area (Å²) >= 11 is 0. The Bertz CT molecular complexity index is 1310. The molecule has 3 N–H and O–H groups in total. The lowest BCUT2D eigenvalue weighted by molar-refractivity contribution is -0.298. The number of benzene rings is 1. The van der Waals surface area contributed by atoms with Gasteiger partial charge in [-0.3, -0.25) is 14.4 Å². The summed E-state index contributed by atoms with van der Waals surface area (Å²) in [6, 6.07) is 12.1. The second kappa shape index (κ2) is 17.6. The Hall–Kier alpha value is -2.97. The number of H-pyrrole nitrogens is 1. The highest BCUT2D eigenvalue weighted by Crippen LogP contribution is 2.42. The van der Waals surface area contributed by atoms with Gasteiger partial charge in [-0.2, -0.15) is 0 Å². The number of ether oxygens (including phenoxy) is 2. The Balaban J connectivity index is 1.39. The van der Waals surface area contributed by atoms with Gasteiger partial charge in [-0.25, -0.2) is 0 Å². The van der Waals surface area contributed by atoms with E-state index < -0.39 is 23.3 Å². The number of Topliss-reactive ketones (excluding diaryl/α,β-unsaturated/α-hetero) is 1. The van der Waals surface area contributed by atoms with Crippen molar-refractivity contribution in [1.29, 1.82) is 0 Å². The van der Waals surface area contributed by atoms with Crippen molar-refractivity contribution < 1.29 is 29.0 Å². The summed E-state index contributed by atoms with van der Waals surface area (Å²) in [5.74, 6) is -2.11. The van der Waals surface area contributed by atoms with Crippen LogP contribution in [-0.2, 0) is 25.5 Å². The van der Waals surface area contributed by atoms with E-state index in [4.69, 9.17) is 9.47 Å². The molecule has 0 spiro atoms. The van der Waals surface area contributed by atoms with E-state index in [0.29, 0.717) is 17.9 Å². The van der Waals surface area contributed by atoms with Crippen molar-refractivity contribution in [2.45, 2.75) is 148 Å². The maximum absolute atomic E-state index is 14.0. The Kier molecular flexibility index (Phi) is 13.9. The summed E-state index contributed by atoms with van der Waals surface area (Å²) in [5, 5.41) is 13.3. The lowest BCUT2D eigenvalue weighted by Gasteiger charge is -2.45. The van der Waals surface area contributed by atoms with Gasteiger partial charge in [0, 0.05) is 40.7 Å². The molecule has 0 radical (unpaired) electrons. The molecule has 48 heavy (non-hydrogen) atoms. The van der Waals surface area contributed by atoms with Crippen molar-refractivity contribution in [3.8, 4) is 0 Å². The number of hydrogen-bond donors (Lipinski definition) is 3. The minimum Gasteiger partial charge on any atom is -0.481 e. The van der Waals surface area contributed by atoms with Crippen molar-refractivity contribution in [1.82, 2.24) is 10.3 Å². The third-order valence-electron chi connectivity index (χ3n) is 10.5. The van der Waals surface area contributed by atoms with Crippen LogP contribution in [0.2, 0.25) is 0 Å². The van der Waals surface area contributed by atoms with Crippen LogP contribution in [0.1, 0.15) is 146 Å². The fraction of sp³-hybridized carbons (Fsp3) is 0.675. The van der Waals surface area contributed by atoms with Crippen molar-refractivity contribution in [3.05, 3.63) is 59.4 Å². The summed E-state index contributed by atoms with van der Waals surface area (Å²) in [7, 11) is 0. The molecule has 1 amide bonds. The Morgan fingerprint density at radius 2 is 1.60 bits per heavy atom. The molecule has 0 bridgehead atoms. The van der Waals surface area contributed by atoms with E-state index in [0.717, 1.165) is 51.4 Å². The molecular weight excluding hydrogens is 604 g/mol. The van der Waals surface area contributed by atoms with Crippen LogP contribution in [0.5, 0.6) is 0 Å². The first-order chi connectivity index (χ1) is 22.9. The lowest BCUT2D eigenvalue weighted by atomic mass is 9.73. The van der Waals surface area contributed by atoms with Crippen molar-refractivity contribution in [2.75, 3.05) is 6.61 Å². The number of ketones is 1. The number of carboxylic acids is 1. The van der Waals surface area contributed by atoms with Crippen LogP contribution in [0.4, 0.5) is 0 Å². The molecule has 1 aliphatic heterocycles. The molecule has 2 aliphatic rings. The second-order valence-electron chi connectivity index (χ2n) is 15.5. The molecule has 2 heterocycles. The zero-order chi connectivity index (χ0) is 34.7. The molecular formula is C40H60N2O6. The fourth-order valence-corrected chi connectivity index (χ4v) is 7.62. The molecule has 1 saturated carbocycles. The molecule has 1 aromatic carbocycles. The van der Waals surface area contributed by atoms with Gasteiger partial charge in [0.2, 0.25) is 5.91 Å². The van der Waals surface area contributed by atoms with Crippen molar-refractivity contribution in [3.63, 3.8) is 0 Å². The van der Waals surface area contributed by atoms with Gasteiger partial charge in [-0.1, -0.05) is 96.0 Å². The molecule has 266 valence electrons. The highest BCUT2D eigenvalue weighted by molar-refractivity contribution is 6.01. The molecule has 8 heteroatoms. The maximum atomic E-state index is 14.0. The molecule has 2 aromatic rings. The number of carboxylic acid groups (broad SMARTS) is 1. The number of aliphatic carboxylic acids is 1. The van der Waals surface area contributed by atoms with Gasteiger partial charge in [0.05, 0.1) is 13.0 Å². The number of nitrogens with one attached hydrogen (secondary N) is 2. The lowest BCUT2D eigenvalue weighted by Crippen LogP contribution is -2.53. The normalized spacial score (nSPS) is 23.2. The fourth-order valence-electron chi connectivity index (χ4n) is 7.62. The van der Waals surface area contributed by atoms with Gasteiger partial charge in [0.1, 0.15) is 6.10 Å². The smallest absolute Gasteiger partial charge is 0.304 e. The van der Waals surface area contributed by atoms with E-state index in [-0.39, 0.29) is 41.9 Å². The van der Waals surface area contributed by atoms with Gasteiger partial charge in [-0.15, -0.1) is 0 Å². The average Bonchev–Trinajstić information content (AvgIpc) is 3.54. The minimum absolute atomic E-state index is 0.0605. The number of aromatic amines is 1. The van der Waals surface area contributed by atoms with E-state index in [9.17, 15) is 19.5 Å². The van der Waals surface area contributed by atoms with Crippen LogP contribution in [0, 0.1) is 17.3 Å². The van der Waals surface area contributed by atoms with Crippen molar-refractivity contribution >= 4 is 17.7 Å². The minimum atomic E-state index is -0.888. The summed E-state index contributed by atoms with van der Waals surface area (Å²) in [6.07, 6.45) is 14.3. The molecule has 1 aromatic heterocycles. The first-order valence-electron chi connectivity index (χ1n) is 18.5. The number of carbonyl (C=O) groups is 3. The SMILES string of the molecule is CCCCCCCCCC(Cc1ccccc1)C(=O)NC1CCC(C(CC(=O)O)c2[nH]ccc2C(=O)C2OC(C)(C)OCC2(C)C)CC1. The van der Waals surface area contributed by atoms with Crippen LogP contribution in [-0.4, -0.2) is 52.3 Å². The number of carbonyl (C=O) groups excluding carboxylic acids is 2. The van der Waals surface area contributed by atoms with E-state index in [2.05, 4.69) is 29.4 Å². The summed E-state index contributed by atoms with van der Waals surface area (Å²) < 4.78 is 12.0. The van der Waals surface area contributed by atoms with E-state index in [1.54, 1.807) is 12.3 Å². The number of rotatable bonds is 18. The first kappa shape index (κ1) is 37.8. The monoisotopic (exact) mass is 664 g/mol. The molecule has 1 saturated heterocycles. The van der Waals surface area contributed by atoms with Gasteiger partial charge in [0.25, 0.3) is 0 Å². The third kappa shape index (κ3) is 10.8. The first-order valence-corrected chi connectivity index (χ1v) is 18.5. The van der Waals surface area contributed by atoms with Gasteiger partial charge in [-0.05, 0) is 69.9 Å². The summed E-state index contributed by atoms with van der Waals surface area (Å²) in [6.45, 7) is 10.2. The molecule has 8 nitrogen and oxygen atoms in total. The predicted molar refractivity (Wildman–Crippen MR) is 189 cm³/mol. The van der Waals surface area contributed by atoms with Crippen LogP contribution in [0.15, 0.2) is 42.6 Å². The van der Waals surface area contributed by atoms with Crippen molar-refractivity contribution in [2.24, 2.45) is 17.3 Å². The summed E-state index contributed by atoms with van der Waals surface area (Å²) in [4.78, 5) is 43.1. The van der Waals surface area contributed by atoms with Crippen LogP contribution in [0.3, 0.4) is 0 Å². The Morgan fingerprint density at radius 3 is 2.27 bits per heavy atom. The third-order valence-corrected chi connectivity index (χ3v) is 10.5. The number of amides is 1. The number of unbranched alkanes of at least 4 members (excludes halogenated alkanes) is 6. The highest BCUT2D eigenvalue weighted by atomic mass is 16.7. The zero-order valence-electron chi connectivity index (χ0n) is 30.0. The second-order valence-corrected chi connectivity index (χ2v) is 15.5. The van der Waals surface area contributed by atoms with E-state index in [1.165, 1.54) is 37.7 Å². The van der Waals surface area contributed by atoms with Crippen LogP contribution in [0.25, 0.3) is 0 Å². The van der Waals surface area contributed by atoms with Crippen LogP contribution >= 0.6 is 0 Å². The maximum Gasteiger partial charge on any atom is 0.304 e. The molecule has 1 aliphatic carbocycles. The Labute approximate surface area is 288 Å². The summed E-state index contributed by atoms with van der Waals surface area (Å²) in [5.41, 5.74) is 1.83. The van der Waals surface area contributed by atoms with Gasteiger partial charge in [0.15, 0.2) is 11.6 Å². The van der Waals surface area contributed by atoms with E-state index in [1.807, 2.05) is 45.9 Å². The van der Waals surface area contributed by atoms with Gasteiger partial charge >= 0.3 is 5.97 Å². The molecule has 3 unspecified atom stereocenters. The van der Waals surface area contributed by atoms with Gasteiger partial charge < -0.3 is 24.9 Å². The Morgan fingerprint density at radius 1 is 0.938 bits per heavy atom. The topological polar surface area (TPSA) is 118 Å². The zero-order valence-corrected chi connectivity index (χ0v) is 30.0. The molecule has 4 rings (SSSR count). The van der Waals surface area contributed by atoms with Crippen LogP contribution < -0.4 is 5.32 Å².